The molecule has 1 aromatic rings. The van der Waals surface area contributed by atoms with Crippen LogP contribution in [0.15, 0.2) is 18.2 Å². The van der Waals surface area contributed by atoms with E-state index in [9.17, 15) is 9.59 Å². The zero-order valence-electron chi connectivity index (χ0n) is 13.4. The third-order valence-electron chi connectivity index (χ3n) is 3.90. The molecule has 1 aromatic carbocycles. The fourth-order valence-electron chi connectivity index (χ4n) is 2.54. The van der Waals surface area contributed by atoms with Gasteiger partial charge in [0.05, 0.1) is 19.8 Å². The van der Waals surface area contributed by atoms with Crippen molar-refractivity contribution in [2.75, 3.05) is 52.7 Å². The zero-order chi connectivity index (χ0) is 16.8. The number of rotatable bonds is 6. The molecule has 2 aliphatic heterocycles. The molecular formula is C16H21N3O5. The molecule has 3 rings (SSSR count). The van der Waals surface area contributed by atoms with Gasteiger partial charge in [0, 0.05) is 31.7 Å². The van der Waals surface area contributed by atoms with Crippen LogP contribution in [0.4, 0.5) is 0 Å². The highest BCUT2D eigenvalue weighted by molar-refractivity contribution is 5.97. The van der Waals surface area contributed by atoms with Crippen molar-refractivity contribution in [2.24, 2.45) is 0 Å². The van der Waals surface area contributed by atoms with Crippen LogP contribution in [-0.4, -0.2) is 69.4 Å². The molecule has 0 aromatic heterocycles. The van der Waals surface area contributed by atoms with Gasteiger partial charge >= 0.3 is 0 Å². The minimum absolute atomic E-state index is 0.0591. The Morgan fingerprint density at radius 2 is 1.88 bits per heavy atom. The van der Waals surface area contributed by atoms with Crippen molar-refractivity contribution in [3.8, 4) is 11.5 Å². The monoisotopic (exact) mass is 335 g/mol. The first kappa shape index (κ1) is 16.5. The summed E-state index contributed by atoms with van der Waals surface area (Å²) in [6.45, 7) is 4.68. The molecule has 2 N–H and O–H groups in total. The number of morpholine rings is 1. The molecule has 0 unspecified atom stereocenters. The van der Waals surface area contributed by atoms with Crippen molar-refractivity contribution in [2.45, 2.75) is 0 Å². The van der Waals surface area contributed by atoms with Crippen LogP contribution in [0.3, 0.4) is 0 Å². The van der Waals surface area contributed by atoms with Crippen molar-refractivity contribution < 1.29 is 23.8 Å². The number of hydrogen-bond donors (Lipinski definition) is 2. The molecule has 0 radical (unpaired) electrons. The highest BCUT2D eigenvalue weighted by Gasteiger charge is 2.16. The Labute approximate surface area is 140 Å². The molecule has 8 nitrogen and oxygen atoms in total. The van der Waals surface area contributed by atoms with Gasteiger partial charge in [0.1, 0.15) is 0 Å². The third kappa shape index (κ3) is 4.36. The quantitative estimate of drug-likeness (QED) is 0.735. The lowest BCUT2D eigenvalue weighted by Gasteiger charge is -2.26. The summed E-state index contributed by atoms with van der Waals surface area (Å²) in [5, 5.41) is 5.40. The van der Waals surface area contributed by atoms with Crippen LogP contribution in [-0.2, 0) is 9.53 Å². The van der Waals surface area contributed by atoms with Crippen LogP contribution in [0.2, 0.25) is 0 Å². The van der Waals surface area contributed by atoms with Crippen LogP contribution in [0.25, 0.3) is 0 Å². The zero-order valence-corrected chi connectivity index (χ0v) is 13.4. The minimum atomic E-state index is -0.323. The summed E-state index contributed by atoms with van der Waals surface area (Å²) < 4.78 is 15.7. The second-order valence-electron chi connectivity index (χ2n) is 5.55. The summed E-state index contributed by atoms with van der Waals surface area (Å²) in [6.07, 6.45) is 0. The minimum Gasteiger partial charge on any atom is -0.454 e. The molecule has 130 valence electrons. The summed E-state index contributed by atoms with van der Waals surface area (Å²) in [6, 6.07) is 4.92. The maximum absolute atomic E-state index is 12.1. The predicted molar refractivity (Wildman–Crippen MR) is 85.2 cm³/mol. The molecule has 2 aliphatic rings. The Morgan fingerprint density at radius 1 is 1.08 bits per heavy atom. The molecule has 0 bridgehead atoms. The van der Waals surface area contributed by atoms with Gasteiger partial charge in [-0.15, -0.1) is 0 Å². The van der Waals surface area contributed by atoms with Crippen LogP contribution in [0, 0.1) is 0 Å². The highest BCUT2D eigenvalue weighted by Crippen LogP contribution is 2.32. The molecular weight excluding hydrogens is 314 g/mol. The van der Waals surface area contributed by atoms with E-state index in [0.29, 0.717) is 23.6 Å². The molecule has 24 heavy (non-hydrogen) atoms. The van der Waals surface area contributed by atoms with Crippen LogP contribution < -0.4 is 20.1 Å². The molecule has 2 amide bonds. The summed E-state index contributed by atoms with van der Waals surface area (Å²) in [4.78, 5) is 26.1. The number of fused-ring (bicyclic) bond motifs is 1. The van der Waals surface area contributed by atoms with E-state index in [4.69, 9.17) is 14.2 Å². The Hall–Kier alpha value is -2.32. The van der Waals surface area contributed by atoms with Crippen molar-refractivity contribution in [3.63, 3.8) is 0 Å². The smallest absolute Gasteiger partial charge is 0.251 e. The molecule has 1 saturated heterocycles. The van der Waals surface area contributed by atoms with Crippen molar-refractivity contribution >= 4 is 11.8 Å². The van der Waals surface area contributed by atoms with Crippen molar-refractivity contribution in [1.29, 1.82) is 0 Å². The Morgan fingerprint density at radius 3 is 2.71 bits per heavy atom. The number of carbonyl (C=O) groups excluding carboxylic acids is 2. The largest absolute Gasteiger partial charge is 0.454 e. The lowest BCUT2D eigenvalue weighted by molar-refractivity contribution is -0.120. The van der Waals surface area contributed by atoms with Gasteiger partial charge in [0.15, 0.2) is 11.5 Å². The van der Waals surface area contributed by atoms with Gasteiger partial charge in [-0.3, -0.25) is 14.5 Å². The standard InChI is InChI=1S/C16H21N3O5/c20-15(17-3-4-19-5-7-22-8-6-19)10-18-16(21)12-1-2-13-14(9-12)24-11-23-13/h1-2,9H,3-8,10-11H2,(H,17,20)(H,18,21). The van der Waals surface area contributed by atoms with E-state index in [2.05, 4.69) is 15.5 Å². The number of amides is 2. The average molecular weight is 335 g/mol. The van der Waals surface area contributed by atoms with Crippen molar-refractivity contribution in [3.05, 3.63) is 23.8 Å². The summed E-state index contributed by atoms with van der Waals surface area (Å²) >= 11 is 0. The Bertz CT molecular complexity index is 601. The first-order chi connectivity index (χ1) is 11.7. The third-order valence-corrected chi connectivity index (χ3v) is 3.90. The number of benzene rings is 1. The van der Waals surface area contributed by atoms with Gasteiger partial charge in [0.2, 0.25) is 12.7 Å². The summed E-state index contributed by atoms with van der Waals surface area (Å²) in [7, 11) is 0. The fourth-order valence-corrected chi connectivity index (χ4v) is 2.54. The molecule has 8 heteroatoms. The van der Waals surface area contributed by atoms with Crippen LogP contribution in [0.5, 0.6) is 11.5 Å². The first-order valence-electron chi connectivity index (χ1n) is 7.97. The molecule has 2 heterocycles. The Kier molecular flexibility index (Phi) is 5.50. The second-order valence-corrected chi connectivity index (χ2v) is 5.55. The van der Waals surface area contributed by atoms with Gasteiger partial charge in [-0.05, 0) is 18.2 Å². The van der Waals surface area contributed by atoms with E-state index < -0.39 is 0 Å². The van der Waals surface area contributed by atoms with Gasteiger partial charge in [-0.1, -0.05) is 0 Å². The van der Waals surface area contributed by atoms with E-state index >= 15 is 0 Å². The van der Waals surface area contributed by atoms with Crippen LogP contribution in [0.1, 0.15) is 10.4 Å². The second kappa shape index (κ2) is 7.98. The molecule has 0 spiro atoms. The lowest BCUT2D eigenvalue weighted by atomic mass is 10.2. The number of hydrogen-bond acceptors (Lipinski definition) is 6. The van der Waals surface area contributed by atoms with E-state index in [1.165, 1.54) is 0 Å². The number of ether oxygens (including phenoxy) is 3. The maximum atomic E-state index is 12.1. The van der Waals surface area contributed by atoms with Gasteiger partial charge in [-0.2, -0.15) is 0 Å². The fraction of sp³-hybridized carbons (Fsp3) is 0.500. The van der Waals surface area contributed by atoms with Gasteiger partial charge in [-0.25, -0.2) is 0 Å². The first-order valence-corrected chi connectivity index (χ1v) is 7.97. The normalized spacial score (nSPS) is 16.7. The van der Waals surface area contributed by atoms with E-state index in [0.717, 1.165) is 32.8 Å². The molecule has 0 aliphatic carbocycles. The maximum Gasteiger partial charge on any atom is 0.251 e. The number of nitrogens with one attached hydrogen (secondary N) is 2. The highest BCUT2D eigenvalue weighted by atomic mass is 16.7. The summed E-state index contributed by atoms with van der Waals surface area (Å²) in [5.41, 5.74) is 0.431. The van der Waals surface area contributed by atoms with Gasteiger partial charge < -0.3 is 24.8 Å². The summed E-state index contributed by atoms with van der Waals surface area (Å²) in [5.74, 6) is 0.624. The lowest BCUT2D eigenvalue weighted by Crippen LogP contribution is -2.43. The Balaban J connectivity index is 1.37. The van der Waals surface area contributed by atoms with Crippen LogP contribution >= 0.6 is 0 Å². The predicted octanol–water partition coefficient (Wildman–Crippen LogP) is -0.406. The molecule has 1 fully saturated rings. The number of carbonyl (C=O) groups is 2. The average Bonchev–Trinajstić information content (AvgIpc) is 3.08. The SMILES string of the molecule is O=C(CNC(=O)c1ccc2c(c1)OCO2)NCCN1CCOCC1. The van der Waals surface area contributed by atoms with E-state index in [1.807, 2.05) is 0 Å². The number of nitrogens with zero attached hydrogens (tertiary/aromatic N) is 1. The van der Waals surface area contributed by atoms with Crippen molar-refractivity contribution in [1.82, 2.24) is 15.5 Å². The molecule has 0 atom stereocenters. The topological polar surface area (TPSA) is 89.1 Å². The van der Waals surface area contributed by atoms with E-state index in [-0.39, 0.29) is 25.2 Å². The van der Waals surface area contributed by atoms with Gasteiger partial charge in [0.25, 0.3) is 5.91 Å². The van der Waals surface area contributed by atoms with E-state index in [1.54, 1.807) is 18.2 Å². The molecule has 0 saturated carbocycles.